The number of methoxy groups -OCH3 is 1. The third-order valence-corrected chi connectivity index (χ3v) is 9.80. The van der Waals surface area contributed by atoms with Crippen molar-refractivity contribution in [1.29, 1.82) is 0 Å². The van der Waals surface area contributed by atoms with E-state index in [1.165, 1.54) is 38.1 Å². The highest BCUT2D eigenvalue weighted by atomic mass is 16.5. The Hall–Kier alpha value is -4.70. The number of carbonyl (C=O) groups is 4. The van der Waals surface area contributed by atoms with Gasteiger partial charge >= 0.3 is 5.97 Å². The average Bonchev–Trinajstić information content (AvgIpc) is 3.76. The standard InChI is InChI=1S/C26H46N4O2.C14H12O.C5H9NO2.C3H8/c1-19(2)30-17-10-9-13-22(30)21(4)27-23(26(5,6)7)25(32)28(8)18-14-20(3)24(31)29-15-11-12-16-29;1-11-7-9-13(10-8-11)14(15)12-5-3-2-4-6-12;1-3-6-4-5(7)8-2;1-3-2/h14,19,22-23,27H,4,9-13,15-18H2,1-3,5-8H3;2-10H,1H3;3,6H,1,4H2,2H3;3H2,1-2H3/b20-14+;;;. The lowest BCUT2D eigenvalue weighted by Gasteiger charge is -2.42. The minimum absolute atomic E-state index is 0.0308. The summed E-state index contributed by atoms with van der Waals surface area (Å²) in [5.74, 6) is -0.0861. The lowest BCUT2D eigenvalue weighted by Crippen LogP contribution is -2.55. The van der Waals surface area contributed by atoms with E-state index >= 15 is 0 Å². The van der Waals surface area contributed by atoms with Gasteiger partial charge in [0, 0.05) is 61.2 Å². The molecule has 58 heavy (non-hydrogen) atoms. The Labute approximate surface area is 351 Å². The third kappa shape index (κ3) is 18.3. The van der Waals surface area contributed by atoms with Gasteiger partial charge in [-0.05, 0) is 71.5 Å². The van der Waals surface area contributed by atoms with Crippen molar-refractivity contribution in [3.8, 4) is 0 Å². The molecular formula is C48H75N5O5. The minimum atomic E-state index is -0.376. The molecule has 10 heteroatoms. The van der Waals surface area contributed by atoms with Crippen molar-refractivity contribution in [3.63, 3.8) is 0 Å². The van der Waals surface area contributed by atoms with Gasteiger partial charge in [0.25, 0.3) is 0 Å². The highest BCUT2D eigenvalue weighted by Crippen LogP contribution is 2.27. The van der Waals surface area contributed by atoms with E-state index in [-0.39, 0.29) is 47.6 Å². The molecule has 2 unspecified atom stereocenters. The molecular weight excluding hydrogens is 727 g/mol. The predicted molar refractivity (Wildman–Crippen MR) is 239 cm³/mol. The Bertz CT molecular complexity index is 1590. The van der Waals surface area contributed by atoms with Gasteiger partial charge in [-0.15, -0.1) is 0 Å². The summed E-state index contributed by atoms with van der Waals surface area (Å²) in [6.45, 7) is 29.9. The summed E-state index contributed by atoms with van der Waals surface area (Å²) in [6, 6.07) is 17.3. The Kier molecular flexibility index (Phi) is 24.0. The zero-order valence-corrected chi connectivity index (χ0v) is 37.7. The first-order valence-electron chi connectivity index (χ1n) is 20.9. The number of amides is 2. The van der Waals surface area contributed by atoms with Crippen LogP contribution in [0, 0.1) is 12.3 Å². The van der Waals surface area contributed by atoms with Crippen LogP contribution in [0.15, 0.2) is 91.3 Å². The second-order valence-electron chi connectivity index (χ2n) is 16.3. The number of ether oxygens (including phenoxy) is 1. The highest BCUT2D eigenvalue weighted by Gasteiger charge is 2.36. The fraction of sp³-hybridized carbons (Fsp3) is 0.542. The molecule has 0 saturated carbocycles. The fourth-order valence-corrected chi connectivity index (χ4v) is 6.41. The molecule has 2 aromatic rings. The maximum absolute atomic E-state index is 13.4. The Morgan fingerprint density at radius 2 is 1.48 bits per heavy atom. The number of aryl methyl sites for hydroxylation is 1. The molecule has 0 spiro atoms. The summed E-state index contributed by atoms with van der Waals surface area (Å²) in [4.78, 5) is 54.3. The van der Waals surface area contributed by atoms with E-state index in [1.807, 2.05) is 86.5 Å². The molecule has 2 aliphatic rings. The molecule has 2 aliphatic heterocycles. The Morgan fingerprint density at radius 1 is 0.931 bits per heavy atom. The molecule has 0 bridgehead atoms. The van der Waals surface area contributed by atoms with Crippen molar-refractivity contribution in [1.82, 2.24) is 25.3 Å². The van der Waals surface area contributed by atoms with E-state index < -0.39 is 0 Å². The van der Waals surface area contributed by atoms with Gasteiger partial charge in [0.05, 0.1) is 7.11 Å². The lowest BCUT2D eigenvalue weighted by molar-refractivity contribution is -0.139. The van der Waals surface area contributed by atoms with Gasteiger partial charge in [-0.3, -0.25) is 24.1 Å². The number of piperidine rings is 1. The fourth-order valence-electron chi connectivity index (χ4n) is 6.41. The van der Waals surface area contributed by atoms with Crippen LogP contribution in [0.4, 0.5) is 0 Å². The normalized spacial score (nSPS) is 15.8. The zero-order valence-electron chi connectivity index (χ0n) is 37.7. The summed E-state index contributed by atoms with van der Waals surface area (Å²) >= 11 is 0. The maximum atomic E-state index is 13.4. The van der Waals surface area contributed by atoms with Crippen LogP contribution in [0.5, 0.6) is 0 Å². The molecule has 4 rings (SSSR count). The number of likely N-dealkylation sites (N-methyl/N-ethyl adjacent to an activating group) is 1. The van der Waals surface area contributed by atoms with Crippen LogP contribution in [-0.2, 0) is 19.1 Å². The van der Waals surface area contributed by atoms with E-state index in [2.05, 4.69) is 81.9 Å². The highest BCUT2D eigenvalue weighted by molar-refractivity contribution is 6.08. The molecule has 2 amide bonds. The summed E-state index contributed by atoms with van der Waals surface area (Å²) in [5.41, 5.74) is 4.03. The number of likely N-dealkylation sites (tertiary alicyclic amines) is 2. The van der Waals surface area contributed by atoms with Crippen molar-refractivity contribution in [2.45, 2.75) is 119 Å². The molecule has 2 N–H and O–H groups in total. The number of nitrogens with zero attached hydrogens (tertiary/aromatic N) is 3. The van der Waals surface area contributed by atoms with Crippen molar-refractivity contribution < 1.29 is 23.9 Å². The second-order valence-corrected chi connectivity index (χ2v) is 16.3. The number of rotatable bonds is 13. The number of hydrogen-bond acceptors (Lipinski definition) is 8. The third-order valence-electron chi connectivity index (χ3n) is 9.80. The number of esters is 1. The first-order valence-corrected chi connectivity index (χ1v) is 20.9. The van der Waals surface area contributed by atoms with Gasteiger partial charge in [-0.25, -0.2) is 0 Å². The smallest absolute Gasteiger partial charge is 0.325 e. The molecule has 0 aliphatic carbocycles. The number of benzene rings is 2. The van der Waals surface area contributed by atoms with E-state index in [0.29, 0.717) is 18.2 Å². The van der Waals surface area contributed by atoms with Crippen LogP contribution in [0.1, 0.15) is 115 Å². The molecule has 0 radical (unpaired) electrons. The van der Waals surface area contributed by atoms with E-state index in [0.717, 1.165) is 55.7 Å². The van der Waals surface area contributed by atoms with Crippen LogP contribution >= 0.6 is 0 Å². The van der Waals surface area contributed by atoms with Crippen LogP contribution in [0.2, 0.25) is 0 Å². The summed E-state index contributed by atoms with van der Waals surface area (Å²) in [5, 5.41) is 6.11. The van der Waals surface area contributed by atoms with Crippen molar-refractivity contribution >= 4 is 23.6 Å². The van der Waals surface area contributed by atoms with E-state index in [4.69, 9.17) is 0 Å². The molecule has 2 fully saturated rings. The zero-order chi connectivity index (χ0) is 43.8. The van der Waals surface area contributed by atoms with Gasteiger partial charge in [-0.1, -0.05) is 127 Å². The van der Waals surface area contributed by atoms with Crippen LogP contribution in [0.25, 0.3) is 0 Å². The lowest BCUT2D eigenvalue weighted by atomic mass is 9.85. The minimum Gasteiger partial charge on any atom is -0.468 e. The van der Waals surface area contributed by atoms with Crippen LogP contribution in [-0.4, -0.2) is 103 Å². The monoisotopic (exact) mass is 802 g/mol. The maximum Gasteiger partial charge on any atom is 0.325 e. The molecule has 10 nitrogen and oxygen atoms in total. The van der Waals surface area contributed by atoms with Crippen molar-refractivity contribution in [2.75, 3.05) is 46.9 Å². The number of hydrogen-bond donors (Lipinski definition) is 2. The largest absolute Gasteiger partial charge is 0.468 e. The average molecular weight is 802 g/mol. The quantitative estimate of drug-likeness (QED) is 0.118. The number of ketones is 1. The van der Waals surface area contributed by atoms with Gasteiger partial charge in [0.15, 0.2) is 5.78 Å². The number of nitrogens with one attached hydrogen (secondary N) is 2. The van der Waals surface area contributed by atoms with E-state index in [9.17, 15) is 19.2 Å². The van der Waals surface area contributed by atoms with E-state index in [1.54, 1.807) is 4.90 Å². The first kappa shape index (κ1) is 51.3. The molecule has 0 aromatic heterocycles. The molecule has 2 aromatic carbocycles. The summed E-state index contributed by atoms with van der Waals surface area (Å²) < 4.78 is 4.30. The van der Waals surface area contributed by atoms with Crippen LogP contribution < -0.4 is 10.6 Å². The Balaban J connectivity index is 0.000000527. The molecule has 2 atom stereocenters. The van der Waals surface area contributed by atoms with Gasteiger partial charge in [-0.2, -0.15) is 0 Å². The molecule has 2 heterocycles. The van der Waals surface area contributed by atoms with Gasteiger partial charge in [0.2, 0.25) is 11.8 Å². The topological polar surface area (TPSA) is 111 Å². The predicted octanol–water partition coefficient (Wildman–Crippen LogP) is 8.33. The SMILES string of the molecule is C=C(NC(C(=O)N(C)C/C=C(\C)C(=O)N1CCCC1)C(C)(C)C)C1CCCCN1C(C)C.C=CNCC(=O)OC.CCC.Cc1ccc(C(=O)c2ccccc2)cc1. The second kappa shape index (κ2) is 27.1. The van der Waals surface area contributed by atoms with Gasteiger partial charge in [0.1, 0.15) is 12.6 Å². The van der Waals surface area contributed by atoms with Crippen molar-refractivity contribution in [2.24, 2.45) is 5.41 Å². The summed E-state index contributed by atoms with van der Waals surface area (Å²) in [7, 11) is 3.16. The molecule has 2 saturated heterocycles. The number of carbonyl (C=O) groups excluding carboxylic acids is 4. The first-order chi connectivity index (χ1) is 27.4. The van der Waals surface area contributed by atoms with Crippen molar-refractivity contribution in [3.05, 3.63) is 108 Å². The summed E-state index contributed by atoms with van der Waals surface area (Å²) in [6.07, 6.45) is 10.2. The van der Waals surface area contributed by atoms with Gasteiger partial charge < -0.3 is 25.2 Å². The Morgan fingerprint density at radius 3 is 2.00 bits per heavy atom. The molecule has 322 valence electrons. The van der Waals surface area contributed by atoms with Crippen LogP contribution in [0.3, 0.4) is 0 Å².